The second-order valence-electron chi connectivity index (χ2n) is 5.14. The van der Waals surface area contributed by atoms with Crippen LogP contribution in [0.3, 0.4) is 0 Å². The zero-order valence-corrected chi connectivity index (χ0v) is 14.5. The van der Waals surface area contributed by atoms with E-state index in [2.05, 4.69) is 26.4 Å². The Morgan fingerprint density at radius 2 is 1.95 bits per heavy atom. The van der Waals surface area contributed by atoms with Gasteiger partial charge in [0.05, 0.1) is 15.7 Å². The van der Waals surface area contributed by atoms with Gasteiger partial charge in [-0.15, -0.1) is 0 Å². The molecule has 1 rings (SSSR count). The van der Waals surface area contributed by atoms with Crippen molar-refractivity contribution in [3.05, 3.63) is 26.7 Å². The summed E-state index contributed by atoms with van der Waals surface area (Å²) in [5.74, 6) is 0.234. The van der Waals surface area contributed by atoms with Crippen molar-refractivity contribution in [1.29, 1.82) is 0 Å². The molecule has 0 aliphatic carbocycles. The topological polar surface area (TPSA) is 70.6 Å². The van der Waals surface area contributed by atoms with Gasteiger partial charge in [-0.1, -0.05) is 58.1 Å². The summed E-state index contributed by atoms with van der Waals surface area (Å²) >= 11 is 15.6. The lowest BCUT2D eigenvalue weighted by Gasteiger charge is -2.22. The molecule has 7 heteroatoms. The molecular weight excluding hydrogens is 365 g/mol. The molecule has 4 nitrogen and oxygen atoms in total. The molecule has 0 unspecified atom stereocenters. The number of rotatable bonds is 6. The first kappa shape index (κ1) is 17.4. The molecule has 0 saturated carbocycles. The van der Waals surface area contributed by atoms with E-state index < -0.39 is 0 Å². The van der Waals surface area contributed by atoms with Gasteiger partial charge in [-0.25, -0.2) is 0 Å². The summed E-state index contributed by atoms with van der Waals surface area (Å²) in [4.78, 5) is 0. The van der Waals surface area contributed by atoms with E-state index in [-0.39, 0.29) is 11.3 Å². The van der Waals surface area contributed by atoms with Crippen LogP contribution >= 0.6 is 39.1 Å². The Bertz CT molecular complexity index is 483. The minimum Gasteiger partial charge on any atom is -0.409 e. The van der Waals surface area contributed by atoms with Gasteiger partial charge in [-0.2, -0.15) is 0 Å². The molecule has 1 aromatic rings. The molecule has 0 bridgehead atoms. The van der Waals surface area contributed by atoms with Gasteiger partial charge < -0.3 is 16.3 Å². The summed E-state index contributed by atoms with van der Waals surface area (Å²) in [7, 11) is 0. The van der Waals surface area contributed by atoms with E-state index in [0.29, 0.717) is 16.6 Å². The van der Waals surface area contributed by atoms with Crippen LogP contribution in [0, 0.1) is 5.41 Å². The standard InChI is InChI=1S/C13H18BrCl2N3O/c1-13(2,12(17)19-20)4-3-5-18-11-9(15)6-8(14)7-10(11)16/h6-7,18,20H,3-5H2,1-2H3,(H2,17,19). The molecule has 0 fully saturated rings. The average Bonchev–Trinajstić information content (AvgIpc) is 2.35. The summed E-state index contributed by atoms with van der Waals surface area (Å²) in [6.45, 7) is 4.56. The van der Waals surface area contributed by atoms with E-state index in [0.717, 1.165) is 23.0 Å². The van der Waals surface area contributed by atoms with Crippen LogP contribution in [0.5, 0.6) is 0 Å². The van der Waals surface area contributed by atoms with Gasteiger partial charge in [-0.3, -0.25) is 0 Å². The van der Waals surface area contributed by atoms with Crippen molar-refractivity contribution >= 4 is 50.7 Å². The van der Waals surface area contributed by atoms with E-state index in [4.69, 9.17) is 34.1 Å². The number of hydrogen-bond acceptors (Lipinski definition) is 3. The predicted octanol–water partition coefficient (Wildman–Crippen LogP) is 4.72. The number of oxime groups is 1. The molecule has 0 spiro atoms. The van der Waals surface area contributed by atoms with Gasteiger partial charge in [0.25, 0.3) is 0 Å². The normalized spacial score (nSPS) is 12.6. The summed E-state index contributed by atoms with van der Waals surface area (Å²) < 4.78 is 0.839. The number of halogens is 3. The molecular formula is C13H18BrCl2N3O. The molecule has 1 aromatic carbocycles. The summed E-state index contributed by atoms with van der Waals surface area (Å²) in [6, 6.07) is 3.58. The van der Waals surface area contributed by atoms with Crippen molar-refractivity contribution < 1.29 is 5.21 Å². The Hall–Kier alpha value is -0.650. The molecule has 0 saturated heterocycles. The lowest BCUT2D eigenvalue weighted by Crippen LogP contribution is -2.32. The summed E-state index contributed by atoms with van der Waals surface area (Å²) in [5, 5.41) is 16.1. The van der Waals surface area contributed by atoms with Crippen molar-refractivity contribution in [1.82, 2.24) is 0 Å². The summed E-state index contributed by atoms with van der Waals surface area (Å²) in [6.07, 6.45) is 1.62. The van der Waals surface area contributed by atoms with Crippen LogP contribution in [0.15, 0.2) is 21.8 Å². The third-order valence-electron chi connectivity index (χ3n) is 3.09. The maximum absolute atomic E-state index is 8.71. The first-order chi connectivity index (χ1) is 9.27. The fourth-order valence-corrected chi connectivity index (χ4v) is 3.06. The zero-order valence-electron chi connectivity index (χ0n) is 11.4. The minimum atomic E-state index is -0.344. The van der Waals surface area contributed by atoms with Crippen LogP contribution in [-0.2, 0) is 0 Å². The van der Waals surface area contributed by atoms with Crippen LogP contribution in [0.2, 0.25) is 10.0 Å². The number of nitrogens with one attached hydrogen (secondary N) is 1. The van der Waals surface area contributed by atoms with E-state index in [9.17, 15) is 0 Å². The maximum Gasteiger partial charge on any atom is 0.144 e. The molecule has 112 valence electrons. The molecule has 0 amide bonds. The van der Waals surface area contributed by atoms with Crippen molar-refractivity contribution in [2.24, 2.45) is 16.3 Å². The lowest BCUT2D eigenvalue weighted by molar-refractivity contribution is 0.305. The van der Waals surface area contributed by atoms with E-state index in [1.54, 1.807) is 12.1 Å². The largest absolute Gasteiger partial charge is 0.409 e. The van der Waals surface area contributed by atoms with E-state index >= 15 is 0 Å². The first-order valence-electron chi connectivity index (χ1n) is 6.14. The third-order valence-corrected chi connectivity index (χ3v) is 4.14. The Morgan fingerprint density at radius 1 is 1.40 bits per heavy atom. The highest BCUT2D eigenvalue weighted by Crippen LogP contribution is 2.34. The van der Waals surface area contributed by atoms with Crippen LogP contribution < -0.4 is 11.1 Å². The Kier molecular flexibility index (Phi) is 6.43. The van der Waals surface area contributed by atoms with Crippen LogP contribution in [0.1, 0.15) is 26.7 Å². The number of nitrogens with zero attached hydrogens (tertiary/aromatic N) is 1. The number of benzene rings is 1. The molecule has 0 aromatic heterocycles. The molecule has 4 N–H and O–H groups in total. The molecule has 0 radical (unpaired) electrons. The number of anilines is 1. The average molecular weight is 383 g/mol. The zero-order chi connectivity index (χ0) is 15.3. The Morgan fingerprint density at radius 3 is 2.45 bits per heavy atom. The van der Waals surface area contributed by atoms with Gasteiger partial charge in [0, 0.05) is 16.4 Å². The van der Waals surface area contributed by atoms with Crippen LogP contribution in [0.25, 0.3) is 0 Å². The maximum atomic E-state index is 8.71. The van der Waals surface area contributed by atoms with Gasteiger partial charge in [0.2, 0.25) is 0 Å². The van der Waals surface area contributed by atoms with Crippen molar-refractivity contribution in [2.75, 3.05) is 11.9 Å². The molecule has 0 aliphatic rings. The van der Waals surface area contributed by atoms with Gasteiger partial charge in [0.1, 0.15) is 5.84 Å². The molecule has 0 heterocycles. The van der Waals surface area contributed by atoms with Gasteiger partial charge in [-0.05, 0) is 25.0 Å². The Labute approximate surface area is 137 Å². The van der Waals surface area contributed by atoms with Crippen LogP contribution in [-0.4, -0.2) is 17.6 Å². The monoisotopic (exact) mass is 381 g/mol. The number of nitrogens with two attached hydrogens (primary N) is 1. The van der Waals surface area contributed by atoms with Crippen molar-refractivity contribution in [3.8, 4) is 0 Å². The van der Waals surface area contributed by atoms with E-state index in [1.807, 2.05) is 13.8 Å². The fourth-order valence-electron chi connectivity index (χ4n) is 1.72. The van der Waals surface area contributed by atoms with E-state index in [1.165, 1.54) is 0 Å². The van der Waals surface area contributed by atoms with Crippen molar-refractivity contribution in [3.63, 3.8) is 0 Å². The molecule has 0 atom stereocenters. The molecule has 20 heavy (non-hydrogen) atoms. The number of amidine groups is 1. The number of hydrogen-bond donors (Lipinski definition) is 3. The highest BCUT2D eigenvalue weighted by molar-refractivity contribution is 9.10. The lowest BCUT2D eigenvalue weighted by atomic mass is 9.86. The third kappa shape index (κ3) is 4.72. The smallest absolute Gasteiger partial charge is 0.144 e. The summed E-state index contributed by atoms with van der Waals surface area (Å²) in [5.41, 5.74) is 6.02. The fraction of sp³-hybridized carbons (Fsp3) is 0.462. The van der Waals surface area contributed by atoms with Crippen LogP contribution in [0.4, 0.5) is 5.69 Å². The second kappa shape index (κ2) is 7.38. The minimum absolute atomic E-state index is 0.234. The van der Waals surface area contributed by atoms with Gasteiger partial charge in [0.15, 0.2) is 0 Å². The van der Waals surface area contributed by atoms with Gasteiger partial charge >= 0.3 is 0 Å². The SMILES string of the molecule is CC(C)(CCCNc1c(Cl)cc(Br)cc1Cl)C(N)=NO. The molecule has 0 aliphatic heterocycles. The second-order valence-corrected chi connectivity index (χ2v) is 6.87. The highest BCUT2D eigenvalue weighted by Gasteiger charge is 2.22. The predicted molar refractivity (Wildman–Crippen MR) is 89.1 cm³/mol. The highest BCUT2D eigenvalue weighted by atomic mass is 79.9. The Balaban J connectivity index is 2.54. The van der Waals surface area contributed by atoms with Crippen molar-refractivity contribution in [2.45, 2.75) is 26.7 Å². The quantitative estimate of drug-likeness (QED) is 0.219. The first-order valence-corrected chi connectivity index (χ1v) is 7.69.